The van der Waals surface area contributed by atoms with E-state index in [0.29, 0.717) is 23.6 Å². The van der Waals surface area contributed by atoms with Gasteiger partial charge in [-0.15, -0.1) is 0 Å². The third kappa shape index (κ3) is 2.89. The summed E-state index contributed by atoms with van der Waals surface area (Å²) in [6.45, 7) is 4.27. The van der Waals surface area contributed by atoms with E-state index in [0.717, 1.165) is 10.5 Å². The van der Waals surface area contributed by atoms with Gasteiger partial charge in [-0.3, -0.25) is 19.2 Å². The number of carbonyl (C=O) groups is 4. The first-order valence-electron chi connectivity index (χ1n) is 11.9. The van der Waals surface area contributed by atoms with E-state index in [9.17, 15) is 19.2 Å². The van der Waals surface area contributed by atoms with Crippen molar-refractivity contribution < 1.29 is 28.7 Å². The molecule has 0 radical (unpaired) electrons. The quantitative estimate of drug-likeness (QED) is 0.412. The highest BCUT2D eigenvalue weighted by Crippen LogP contribution is 2.57. The van der Waals surface area contributed by atoms with Crippen LogP contribution in [0.4, 0.5) is 5.69 Å². The number of amides is 2. The zero-order chi connectivity index (χ0) is 25.2. The maximum atomic E-state index is 13.9. The molecule has 0 aromatic heterocycles. The van der Waals surface area contributed by atoms with Crippen molar-refractivity contribution >= 4 is 29.1 Å². The van der Waals surface area contributed by atoms with Gasteiger partial charge >= 0.3 is 0 Å². The van der Waals surface area contributed by atoms with Crippen molar-refractivity contribution in [3.05, 3.63) is 95.1 Å². The summed E-state index contributed by atoms with van der Waals surface area (Å²) in [6, 6.07) is 20.4. The second-order valence-electron chi connectivity index (χ2n) is 9.33. The van der Waals surface area contributed by atoms with Crippen molar-refractivity contribution in [2.75, 3.05) is 11.5 Å². The van der Waals surface area contributed by atoms with Gasteiger partial charge in [-0.25, -0.2) is 4.90 Å². The van der Waals surface area contributed by atoms with E-state index >= 15 is 0 Å². The van der Waals surface area contributed by atoms with Gasteiger partial charge in [0.25, 0.3) is 0 Å². The number of nitrogens with zero attached hydrogens (tertiary/aromatic N) is 1. The van der Waals surface area contributed by atoms with Gasteiger partial charge in [0.1, 0.15) is 5.75 Å². The van der Waals surface area contributed by atoms with E-state index in [1.165, 1.54) is 0 Å². The molecule has 6 rings (SSSR count). The number of aryl methyl sites for hydroxylation is 1. The fourth-order valence-corrected chi connectivity index (χ4v) is 5.69. The summed E-state index contributed by atoms with van der Waals surface area (Å²) in [4.78, 5) is 56.4. The van der Waals surface area contributed by atoms with Gasteiger partial charge in [0.2, 0.25) is 29.0 Å². The molecular weight excluding hydrogens is 458 g/mol. The summed E-state index contributed by atoms with van der Waals surface area (Å²) in [5.41, 5.74) is 0.357. The third-order valence-corrected chi connectivity index (χ3v) is 7.33. The zero-order valence-electron chi connectivity index (χ0n) is 19.8. The summed E-state index contributed by atoms with van der Waals surface area (Å²) >= 11 is 0. The minimum absolute atomic E-state index is 0.213. The Morgan fingerprint density at radius 3 is 2.03 bits per heavy atom. The fourth-order valence-electron chi connectivity index (χ4n) is 5.69. The third-order valence-electron chi connectivity index (χ3n) is 7.33. The van der Waals surface area contributed by atoms with Crippen molar-refractivity contribution in [1.29, 1.82) is 0 Å². The average Bonchev–Trinajstić information content (AvgIpc) is 3.45. The van der Waals surface area contributed by atoms with E-state index in [2.05, 4.69) is 0 Å². The standard InChI is InChI=1S/C29H23NO6/c1-3-35-19-14-12-18(13-15-19)30-27(33)22-23(28(30)34)29(36-24(22)17-10-8-16(2)9-11-17)25(31)20-6-4-5-7-21(20)26(29)32/h4-15,22-24H,3H2,1-2H3/t22-,23-,24+/m0/s1. The zero-order valence-corrected chi connectivity index (χ0v) is 19.8. The molecule has 3 aliphatic rings. The molecule has 0 unspecified atom stereocenters. The number of Topliss-reactive ketones (excluding diaryl/α,β-unsaturated/α-hetero) is 2. The molecule has 7 nitrogen and oxygen atoms in total. The molecule has 2 aliphatic heterocycles. The number of ether oxygens (including phenoxy) is 2. The number of anilines is 1. The van der Waals surface area contributed by atoms with Crippen LogP contribution in [0.2, 0.25) is 0 Å². The molecule has 0 bridgehead atoms. The molecule has 3 aromatic rings. The molecule has 0 saturated carbocycles. The summed E-state index contributed by atoms with van der Waals surface area (Å²) in [7, 11) is 0. The molecule has 1 spiro atoms. The Labute approximate surface area is 207 Å². The van der Waals surface area contributed by atoms with Crippen LogP contribution in [0.1, 0.15) is 44.9 Å². The molecule has 2 amide bonds. The lowest BCUT2D eigenvalue weighted by Gasteiger charge is -2.27. The summed E-state index contributed by atoms with van der Waals surface area (Å²) in [6.07, 6.45) is -0.929. The van der Waals surface area contributed by atoms with Gasteiger partial charge in [-0.2, -0.15) is 0 Å². The first-order chi connectivity index (χ1) is 17.4. The maximum absolute atomic E-state index is 13.9. The Morgan fingerprint density at radius 1 is 0.833 bits per heavy atom. The molecule has 2 heterocycles. The Kier molecular flexibility index (Phi) is 4.95. The normalized spacial score (nSPS) is 23.9. The molecule has 3 atom stereocenters. The molecule has 3 aromatic carbocycles. The largest absolute Gasteiger partial charge is 0.494 e. The minimum atomic E-state index is -2.07. The van der Waals surface area contributed by atoms with E-state index in [1.807, 2.05) is 38.1 Å². The van der Waals surface area contributed by atoms with Gasteiger partial charge in [0, 0.05) is 11.1 Å². The lowest BCUT2D eigenvalue weighted by Crippen LogP contribution is -2.51. The van der Waals surface area contributed by atoms with Gasteiger partial charge in [-0.1, -0.05) is 54.1 Å². The fraction of sp³-hybridized carbons (Fsp3) is 0.241. The summed E-state index contributed by atoms with van der Waals surface area (Å²) in [5, 5.41) is 0. The van der Waals surface area contributed by atoms with Crippen LogP contribution in [0.3, 0.4) is 0 Å². The predicted octanol–water partition coefficient (Wildman–Crippen LogP) is 4.09. The molecular formula is C29H23NO6. The van der Waals surface area contributed by atoms with Crippen molar-refractivity contribution in [2.24, 2.45) is 11.8 Å². The molecule has 180 valence electrons. The number of hydrogen-bond donors (Lipinski definition) is 0. The van der Waals surface area contributed by atoms with Crippen molar-refractivity contribution in [3.63, 3.8) is 0 Å². The number of hydrogen-bond acceptors (Lipinski definition) is 6. The van der Waals surface area contributed by atoms with Crippen LogP contribution in [0.25, 0.3) is 0 Å². The van der Waals surface area contributed by atoms with E-state index < -0.39 is 46.9 Å². The van der Waals surface area contributed by atoms with Crippen LogP contribution >= 0.6 is 0 Å². The Bertz CT molecular complexity index is 1390. The number of fused-ring (bicyclic) bond motifs is 3. The molecule has 1 aliphatic carbocycles. The monoisotopic (exact) mass is 481 g/mol. The number of benzene rings is 3. The lowest BCUT2D eigenvalue weighted by molar-refractivity contribution is -0.127. The lowest BCUT2D eigenvalue weighted by atomic mass is 9.77. The average molecular weight is 482 g/mol. The minimum Gasteiger partial charge on any atom is -0.494 e. The number of rotatable bonds is 4. The van der Waals surface area contributed by atoms with Crippen molar-refractivity contribution in [2.45, 2.75) is 25.6 Å². The molecule has 7 heteroatoms. The van der Waals surface area contributed by atoms with Gasteiger partial charge in [-0.05, 0) is 43.7 Å². The van der Waals surface area contributed by atoms with Crippen LogP contribution in [-0.2, 0) is 14.3 Å². The van der Waals surface area contributed by atoms with Gasteiger partial charge < -0.3 is 9.47 Å². The molecule has 0 N–H and O–H groups in total. The number of imide groups is 1. The van der Waals surface area contributed by atoms with Crippen molar-refractivity contribution in [1.82, 2.24) is 0 Å². The highest BCUT2D eigenvalue weighted by molar-refractivity contribution is 6.37. The molecule has 2 saturated heterocycles. The Hall–Kier alpha value is -4.10. The van der Waals surface area contributed by atoms with Crippen molar-refractivity contribution in [3.8, 4) is 5.75 Å². The first kappa shape index (κ1) is 22.4. The van der Waals surface area contributed by atoms with Crippen LogP contribution in [0.5, 0.6) is 5.75 Å². The number of ketones is 2. The predicted molar refractivity (Wildman–Crippen MR) is 130 cm³/mol. The number of carbonyl (C=O) groups excluding carboxylic acids is 4. The van der Waals surface area contributed by atoms with Crippen LogP contribution in [-0.4, -0.2) is 35.6 Å². The summed E-state index contributed by atoms with van der Waals surface area (Å²) in [5.74, 6) is -3.92. The summed E-state index contributed by atoms with van der Waals surface area (Å²) < 4.78 is 11.8. The van der Waals surface area contributed by atoms with E-state index in [-0.39, 0.29) is 11.1 Å². The van der Waals surface area contributed by atoms with Crippen LogP contribution in [0, 0.1) is 18.8 Å². The second kappa shape index (κ2) is 7.96. The second-order valence-corrected chi connectivity index (χ2v) is 9.33. The highest BCUT2D eigenvalue weighted by atomic mass is 16.5. The SMILES string of the molecule is CCOc1ccc(N2C(=O)[C@@H]3[C@@H](c4ccc(C)cc4)OC4(C(=O)c5ccccc5C4=O)[C@@H]3C2=O)cc1. The first-order valence-corrected chi connectivity index (χ1v) is 11.9. The van der Waals surface area contributed by atoms with Gasteiger partial charge in [0.05, 0.1) is 30.2 Å². The molecule has 2 fully saturated rings. The van der Waals surface area contributed by atoms with E-state index in [1.54, 1.807) is 48.5 Å². The highest BCUT2D eigenvalue weighted by Gasteiger charge is 2.74. The molecule has 36 heavy (non-hydrogen) atoms. The van der Waals surface area contributed by atoms with Crippen LogP contribution in [0.15, 0.2) is 72.8 Å². The Morgan fingerprint density at radius 2 is 1.44 bits per heavy atom. The smallest absolute Gasteiger partial charge is 0.241 e. The van der Waals surface area contributed by atoms with E-state index in [4.69, 9.17) is 9.47 Å². The topological polar surface area (TPSA) is 90.0 Å². The Balaban J connectivity index is 1.49. The van der Waals surface area contributed by atoms with Crippen LogP contribution < -0.4 is 9.64 Å². The maximum Gasteiger partial charge on any atom is 0.241 e. The van der Waals surface area contributed by atoms with Gasteiger partial charge in [0.15, 0.2) is 0 Å².